The molecule has 36 heavy (non-hydrogen) atoms. The average molecular weight is 514 g/mol. The van der Waals surface area contributed by atoms with Crippen LogP contribution in [0.5, 0.6) is 0 Å². The molecule has 2 N–H and O–H groups in total. The molecule has 2 aromatic rings. The van der Waals surface area contributed by atoms with Crippen LogP contribution in [0, 0.1) is 0 Å². The van der Waals surface area contributed by atoms with Crippen molar-refractivity contribution in [2.24, 2.45) is 0 Å². The molecule has 0 unspecified atom stereocenters. The van der Waals surface area contributed by atoms with Crippen LogP contribution in [0.1, 0.15) is 58.6 Å². The van der Waals surface area contributed by atoms with Crippen LogP contribution in [-0.4, -0.2) is 61.5 Å². The molecule has 2 aliphatic carbocycles. The van der Waals surface area contributed by atoms with Crippen molar-refractivity contribution in [2.45, 2.75) is 75.0 Å². The molecule has 1 saturated heterocycles. The summed E-state index contributed by atoms with van der Waals surface area (Å²) in [6.07, 6.45) is 4.35. The molecule has 2 heterocycles. The topological polar surface area (TPSA) is 114 Å². The second-order valence-corrected chi connectivity index (χ2v) is 13.3. The van der Waals surface area contributed by atoms with Crippen molar-refractivity contribution in [1.29, 1.82) is 0 Å². The minimum Gasteiger partial charge on any atom is -0.377 e. The average Bonchev–Trinajstić information content (AvgIpc) is 3.65. The Kier molecular flexibility index (Phi) is 6.67. The molecule has 3 aliphatic rings. The number of hydrogen-bond donors (Lipinski definition) is 2. The summed E-state index contributed by atoms with van der Waals surface area (Å²) in [6, 6.07) is 9.40. The molecule has 1 atom stereocenters. The maximum absolute atomic E-state index is 13.3. The number of anilines is 2. The fourth-order valence-corrected chi connectivity index (χ4v) is 6.84. The van der Waals surface area contributed by atoms with E-state index in [2.05, 4.69) is 22.5 Å². The molecule has 2 saturated carbocycles. The Morgan fingerprint density at radius 1 is 1.17 bits per heavy atom. The Morgan fingerprint density at radius 2 is 1.89 bits per heavy atom. The number of aromatic nitrogens is 2. The third-order valence-electron chi connectivity index (χ3n) is 7.55. The summed E-state index contributed by atoms with van der Waals surface area (Å²) in [7, 11) is -3.39. The number of benzene rings is 1. The molecular weight excluding hydrogens is 478 g/mol. The van der Waals surface area contributed by atoms with Crippen molar-refractivity contribution >= 4 is 27.4 Å². The molecule has 0 radical (unpaired) electrons. The highest BCUT2D eigenvalue weighted by molar-refractivity contribution is 7.93. The first-order valence-corrected chi connectivity index (χ1v) is 14.4. The van der Waals surface area contributed by atoms with Gasteiger partial charge in [0.05, 0.1) is 30.2 Å². The summed E-state index contributed by atoms with van der Waals surface area (Å²) >= 11 is 0. The lowest BCUT2D eigenvalue weighted by atomic mass is 9.93. The Bertz CT molecular complexity index is 1220. The van der Waals surface area contributed by atoms with Gasteiger partial charge in [0.1, 0.15) is 10.6 Å². The SMILES string of the molecule is CC(C)S(=O)(=O)C1(c2cc(N3CCOC[C@@H]3C)nc(-c3ccc(NC(=O)NC4CCC4)cc3)n2)CC1. The first-order valence-electron chi connectivity index (χ1n) is 12.8. The normalized spacial score (nSPS) is 21.7. The Hall–Kier alpha value is -2.72. The third-order valence-corrected chi connectivity index (χ3v) is 10.5. The minimum absolute atomic E-state index is 0.118. The van der Waals surface area contributed by atoms with Crippen molar-refractivity contribution in [3.8, 4) is 11.4 Å². The maximum Gasteiger partial charge on any atom is 0.319 e. The Labute approximate surface area is 213 Å². The number of nitrogens with zero attached hydrogens (tertiary/aromatic N) is 3. The lowest BCUT2D eigenvalue weighted by molar-refractivity contribution is 0.0985. The number of rotatable bonds is 7. The van der Waals surface area contributed by atoms with Crippen molar-refractivity contribution in [3.05, 3.63) is 36.0 Å². The number of amides is 2. The standard InChI is InChI=1S/C26H35N5O4S/c1-17(2)36(33,34)26(11-12-26)22-15-23(31-13-14-35-16-18(31)3)30-24(29-22)19-7-9-21(10-8-19)28-25(32)27-20-5-4-6-20/h7-10,15,17-18,20H,4-6,11-14,16H2,1-3H3,(H2,27,28,32)/t18-/m0/s1. The number of nitrogens with one attached hydrogen (secondary N) is 2. The predicted octanol–water partition coefficient (Wildman–Crippen LogP) is 3.86. The monoisotopic (exact) mass is 513 g/mol. The molecule has 2 amide bonds. The molecule has 1 aromatic carbocycles. The lowest BCUT2D eigenvalue weighted by Gasteiger charge is -2.35. The van der Waals surface area contributed by atoms with Crippen LogP contribution in [0.3, 0.4) is 0 Å². The molecule has 0 bridgehead atoms. The van der Waals surface area contributed by atoms with Crippen LogP contribution in [0.15, 0.2) is 30.3 Å². The second-order valence-electron chi connectivity index (χ2n) is 10.4. The van der Waals surface area contributed by atoms with Gasteiger partial charge in [-0.2, -0.15) is 0 Å². The molecule has 194 valence electrons. The predicted molar refractivity (Wildman–Crippen MR) is 140 cm³/mol. The van der Waals surface area contributed by atoms with Gasteiger partial charge in [-0.05, 0) is 77.1 Å². The minimum atomic E-state index is -3.39. The number of hydrogen-bond acceptors (Lipinski definition) is 7. The van der Waals surface area contributed by atoms with E-state index in [0.717, 1.165) is 30.6 Å². The van der Waals surface area contributed by atoms with Crippen LogP contribution in [0.2, 0.25) is 0 Å². The van der Waals surface area contributed by atoms with Gasteiger partial charge in [-0.25, -0.2) is 23.2 Å². The Morgan fingerprint density at radius 3 is 2.47 bits per heavy atom. The number of carbonyl (C=O) groups is 1. The molecule has 10 heteroatoms. The third kappa shape index (κ3) is 4.68. The molecule has 9 nitrogen and oxygen atoms in total. The van der Waals surface area contributed by atoms with Crippen molar-refractivity contribution in [1.82, 2.24) is 15.3 Å². The van der Waals surface area contributed by atoms with E-state index in [-0.39, 0.29) is 18.1 Å². The van der Waals surface area contributed by atoms with Crippen molar-refractivity contribution < 1.29 is 17.9 Å². The van der Waals surface area contributed by atoms with E-state index in [4.69, 9.17) is 14.7 Å². The largest absolute Gasteiger partial charge is 0.377 e. The molecule has 5 rings (SSSR count). The molecule has 0 spiro atoms. The van der Waals surface area contributed by atoms with Gasteiger partial charge < -0.3 is 20.3 Å². The van der Waals surface area contributed by atoms with Crippen molar-refractivity contribution in [3.63, 3.8) is 0 Å². The summed E-state index contributed by atoms with van der Waals surface area (Å²) in [5.74, 6) is 1.20. The lowest BCUT2D eigenvalue weighted by Crippen LogP contribution is -2.44. The summed E-state index contributed by atoms with van der Waals surface area (Å²) < 4.78 is 31.3. The van der Waals surface area contributed by atoms with Gasteiger partial charge in [0.2, 0.25) is 0 Å². The zero-order chi connectivity index (χ0) is 25.5. The van der Waals surface area contributed by atoms with Gasteiger partial charge in [0, 0.05) is 29.9 Å². The van der Waals surface area contributed by atoms with Gasteiger partial charge in [-0.15, -0.1) is 0 Å². The van der Waals surface area contributed by atoms with Gasteiger partial charge in [0.25, 0.3) is 0 Å². The van der Waals surface area contributed by atoms with Gasteiger partial charge in [-0.3, -0.25) is 0 Å². The maximum atomic E-state index is 13.3. The van der Waals surface area contributed by atoms with E-state index in [1.54, 1.807) is 13.8 Å². The highest BCUT2D eigenvalue weighted by Crippen LogP contribution is 2.54. The molecule has 1 aliphatic heterocycles. The molecule has 1 aromatic heterocycles. The summed E-state index contributed by atoms with van der Waals surface area (Å²) in [6.45, 7) is 7.41. The Balaban J connectivity index is 1.47. The van der Waals surface area contributed by atoms with Crippen LogP contribution in [0.25, 0.3) is 11.4 Å². The smallest absolute Gasteiger partial charge is 0.319 e. The first-order chi connectivity index (χ1) is 17.2. The van der Waals surface area contributed by atoms with E-state index in [1.807, 2.05) is 30.3 Å². The first kappa shape index (κ1) is 25.0. The quantitative estimate of drug-likeness (QED) is 0.578. The van der Waals surface area contributed by atoms with Crippen LogP contribution < -0.4 is 15.5 Å². The zero-order valence-corrected chi connectivity index (χ0v) is 22.0. The van der Waals surface area contributed by atoms with E-state index in [1.165, 1.54) is 0 Å². The number of ether oxygens (including phenoxy) is 1. The highest BCUT2D eigenvalue weighted by Gasteiger charge is 2.58. The molecule has 3 fully saturated rings. The number of morpholine rings is 1. The van der Waals surface area contributed by atoms with Crippen LogP contribution in [0.4, 0.5) is 16.3 Å². The van der Waals surface area contributed by atoms with E-state index < -0.39 is 19.8 Å². The highest BCUT2D eigenvalue weighted by atomic mass is 32.2. The van der Waals surface area contributed by atoms with E-state index in [9.17, 15) is 13.2 Å². The van der Waals surface area contributed by atoms with Crippen molar-refractivity contribution in [2.75, 3.05) is 30.0 Å². The van der Waals surface area contributed by atoms with Crippen LogP contribution in [-0.2, 0) is 19.3 Å². The number of urea groups is 1. The van der Waals surface area contributed by atoms with Crippen LogP contribution >= 0.6 is 0 Å². The fraction of sp³-hybridized carbons (Fsp3) is 0.577. The zero-order valence-electron chi connectivity index (χ0n) is 21.2. The van der Waals surface area contributed by atoms with Gasteiger partial charge in [-0.1, -0.05) is 0 Å². The van der Waals surface area contributed by atoms with E-state index in [0.29, 0.717) is 49.8 Å². The van der Waals surface area contributed by atoms with Gasteiger partial charge in [0.15, 0.2) is 15.7 Å². The summed E-state index contributed by atoms with van der Waals surface area (Å²) in [5, 5.41) is 5.35. The molecular formula is C26H35N5O4S. The number of carbonyl (C=O) groups excluding carboxylic acids is 1. The van der Waals surface area contributed by atoms with E-state index >= 15 is 0 Å². The summed E-state index contributed by atoms with van der Waals surface area (Å²) in [4.78, 5) is 24.0. The fourth-order valence-electron chi connectivity index (χ4n) is 4.87. The second kappa shape index (κ2) is 9.63. The van der Waals surface area contributed by atoms with Gasteiger partial charge >= 0.3 is 6.03 Å². The number of sulfone groups is 1. The summed E-state index contributed by atoms with van der Waals surface area (Å²) in [5.41, 5.74) is 2.01.